The van der Waals surface area contributed by atoms with Gasteiger partial charge in [-0.05, 0) is 44.2 Å². The van der Waals surface area contributed by atoms with Crippen LogP contribution in [0, 0.1) is 11.8 Å². The van der Waals surface area contributed by atoms with E-state index in [9.17, 15) is 0 Å². The van der Waals surface area contributed by atoms with Crippen molar-refractivity contribution in [2.45, 2.75) is 45.3 Å². The van der Waals surface area contributed by atoms with Crippen LogP contribution in [0.2, 0.25) is 0 Å². The van der Waals surface area contributed by atoms with E-state index in [0.29, 0.717) is 24.0 Å². The first kappa shape index (κ1) is 12.9. The Labute approximate surface area is 93.8 Å². The second kappa shape index (κ2) is 6.46. The fraction of sp³-hybridized carbons (Fsp3) is 1.00. The number of nitrogens with one attached hydrogen (secondary N) is 1. The monoisotopic (exact) mass is 214 g/mol. The van der Waals surface area contributed by atoms with E-state index in [1.165, 1.54) is 12.8 Å². The fourth-order valence-electron chi connectivity index (χ4n) is 2.25. The Kier molecular flexibility index (Phi) is 5.58. The normalized spacial score (nSPS) is 28.6. The highest BCUT2D eigenvalue weighted by molar-refractivity contribution is 4.82. The van der Waals surface area contributed by atoms with Crippen LogP contribution in [0.25, 0.3) is 0 Å². The van der Waals surface area contributed by atoms with Gasteiger partial charge in [-0.2, -0.15) is 0 Å². The van der Waals surface area contributed by atoms with Gasteiger partial charge in [0, 0.05) is 13.2 Å². The summed E-state index contributed by atoms with van der Waals surface area (Å²) in [5.74, 6) is 1.27. The third-order valence-corrected chi connectivity index (χ3v) is 3.63. The standard InChI is InChI=1S/C12H26N2O/c1-9(2)10(7-13)8-14-11-4-5-12(6-11)15-3/h9-12,14H,4-8,13H2,1-3H3. The predicted molar refractivity (Wildman–Crippen MR) is 63.8 cm³/mol. The molecular weight excluding hydrogens is 188 g/mol. The molecule has 3 N–H and O–H groups in total. The summed E-state index contributed by atoms with van der Waals surface area (Å²) in [5, 5.41) is 3.62. The summed E-state index contributed by atoms with van der Waals surface area (Å²) in [4.78, 5) is 0. The van der Waals surface area contributed by atoms with Crippen molar-refractivity contribution < 1.29 is 4.74 Å². The number of rotatable bonds is 6. The fourth-order valence-corrected chi connectivity index (χ4v) is 2.25. The quantitative estimate of drug-likeness (QED) is 0.702. The summed E-state index contributed by atoms with van der Waals surface area (Å²) >= 11 is 0. The van der Waals surface area contributed by atoms with Gasteiger partial charge in [-0.25, -0.2) is 0 Å². The van der Waals surface area contributed by atoms with Gasteiger partial charge < -0.3 is 15.8 Å². The first-order valence-corrected chi connectivity index (χ1v) is 6.13. The second-order valence-corrected chi connectivity index (χ2v) is 5.02. The summed E-state index contributed by atoms with van der Waals surface area (Å²) in [7, 11) is 1.81. The molecular formula is C12H26N2O. The molecule has 3 nitrogen and oxygen atoms in total. The van der Waals surface area contributed by atoms with E-state index in [1.54, 1.807) is 0 Å². The lowest BCUT2D eigenvalue weighted by molar-refractivity contribution is 0.106. The van der Waals surface area contributed by atoms with Crippen LogP contribution in [-0.4, -0.2) is 32.3 Å². The van der Waals surface area contributed by atoms with Gasteiger partial charge in [-0.3, -0.25) is 0 Å². The zero-order chi connectivity index (χ0) is 11.3. The van der Waals surface area contributed by atoms with Crippen LogP contribution in [-0.2, 0) is 4.74 Å². The highest BCUT2D eigenvalue weighted by Gasteiger charge is 2.24. The molecule has 0 heterocycles. The van der Waals surface area contributed by atoms with Gasteiger partial charge in [-0.1, -0.05) is 13.8 Å². The van der Waals surface area contributed by atoms with E-state index < -0.39 is 0 Å². The first-order chi connectivity index (χ1) is 7.17. The highest BCUT2D eigenvalue weighted by atomic mass is 16.5. The summed E-state index contributed by atoms with van der Waals surface area (Å²) in [6.45, 7) is 6.32. The van der Waals surface area contributed by atoms with Crippen LogP contribution in [0.3, 0.4) is 0 Å². The molecule has 0 aliphatic heterocycles. The van der Waals surface area contributed by atoms with Crippen LogP contribution in [0.5, 0.6) is 0 Å². The van der Waals surface area contributed by atoms with E-state index >= 15 is 0 Å². The van der Waals surface area contributed by atoms with Crippen molar-refractivity contribution in [2.24, 2.45) is 17.6 Å². The Morgan fingerprint density at radius 1 is 1.40 bits per heavy atom. The van der Waals surface area contributed by atoms with Crippen LogP contribution in [0.15, 0.2) is 0 Å². The van der Waals surface area contributed by atoms with Crippen molar-refractivity contribution in [3.05, 3.63) is 0 Å². The van der Waals surface area contributed by atoms with Crippen LogP contribution >= 0.6 is 0 Å². The Bertz CT molecular complexity index is 173. The number of hydrogen-bond acceptors (Lipinski definition) is 3. The molecule has 1 rings (SSSR count). The molecule has 0 saturated heterocycles. The Balaban J connectivity index is 2.19. The maximum atomic E-state index is 5.75. The summed E-state index contributed by atoms with van der Waals surface area (Å²) in [6.07, 6.45) is 4.07. The topological polar surface area (TPSA) is 47.3 Å². The molecule has 3 atom stereocenters. The van der Waals surface area contributed by atoms with Crippen molar-refractivity contribution in [1.82, 2.24) is 5.32 Å². The summed E-state index contributed by atoms with van der Waals surface area (Å²) in [5.41, 5.74) is 5.75. The van der Waals surface area contributed by atoms with Crippen LogP contribution < -0.4 is 11.1 Å². The summed E-state index contributed by atoms with van der Waals surface area (Å²) in [6, 6.07) is 0.641. The average Bonchev–Trinajstić information content (AvgIpc) is 2.66. The molecule has 0 spiro atoms. The zero-order valence-corrected chi connectivity index (χ0v) is 10.3. The lowest BCUT2D eigenvalue weighted by Crippen LogP contribution is -2.36. The predicted octanol–water partition coefficient (Wildman–Crippen LogP) is 1.37. The Hall–Kier alpha value is -0.120. The maximum absolute atomic E-state index is 5.75. The molecule has 15 heavy (non-hydrogen) atoms. The van der Waals surface area contributed by atoms with Gasteiger partial charge in [0.2, 0.25) is 0 Å². The van der Waals surface area contributed by atoms with Gasteiger partial charge in [0.05, 0.1) is 6.10 Å². The molecule has 0 bridgehead atoms. The molecule has 1 saturated carbocycles. The Morgan fingerprint density at radius 3 is 2.60 bits per heavy atom. The molecule has 0 aromatic heterocycles. The zero-order valence-electron chi connectivity index (χ0n) is 10.3. The molecule has 0 amide bonds. The number of hydrogen-bond donors (Lipinski definition) is 2. The van der Waals surface area contributed by atoms with Crippen molar-refractivity contribution >= 4 is 0 Å². The van der Waals surface area contributed by atoms with Gasteiger partial charge in [-0.15, -0.1) is 0 Å². The van der Waals surface area contributed by atoms with Crippen molar-refractivity contribution in [2.75, 3.05) is 20.2 Å². The van der Waals surface area contributed by atoms with E-state index in [2.05, 4.69) is 19.2 Å². The minimum atomic E-state index is 0.470. The van der Waals surface area contributed by atoms with Gasteiger partial charge >= 0.3 is 0 Å². The van der Waals surface area contributed by atoms with Crippen LogP contribution in [0.4, 0.5) is 0 Å². The maximum Gasteiger partial charge on any atom is 0.0586 e. The third-order valence-electron chi connectivity index (χ3n) is 3.63. The van der Waals surface area contributed by atoms with E-state index in [-0.39, 0.29) is 0 Å². The largest absolute Gasteiger partial charge is 0.381 e. The Morgan fingerprint density at radius 2 is 2.13 bits per heavy atom. The third kappa shape index (κ3) is 4.09. The van der Waals surface area contributed by atoms with Crippen molar-refractivity contribution in [1.29, 1.82) is 0 Å². The van der Waals surface area contributed by atoms with Gasteiger partial charge in [0.1, 0.15) is 0 Å². The number of ether oxygens (including phenoxy) is 1. The molecule has 1 aliphatic rings. The average molecular weight is 214 g/mol. The molecule has 0 aromatic carbocycles. The van der Waals surface area contributed by atoms with Crippen molar-refractivity contribution in [3.63, 3.8) is 0 Å². The molecule has 1 fully saturated rings. The smallest absolute Gasteiger partial charge is 0.0586 e. The molecule has 3 unspecified atom stereocenters. The summed E-state index contributed by atoms with van der Waals surface area (Å²) < 4.78 is 5.36. The molecule has 0 radical (unpaired) electrons. The van der Waals surface area contributed by atoms with Gasteiger partial charge in [0.15, 0.2) is 0 Å². The van der Waals surface area contributed by atoms with E-state index in [0.717, 1.165) is 19.5 Å². The van der Waals surface area contributed by atoms with E-state index in [1.807, 2.05) is 7.11 Å². The lowest BCUT2D eigenvalue weighted by atomic mass is 9.96. The number of nitrogens with two attached hydrogens (primary N) is 1. The van der Waals surface area contributed by atoms with E-state index in [4.69, 9.17) is 10.5 Å². The molecule has 1 aliphatic carbocycles. The SMILES string of the molecule is COC1CCC(NCC(CN)C(C)C)C1. The molecule has 3 heteroatoms. The first-order valence-electron chi connectivity index (χ1n) is 6.13. The number of methoxy groups -OCH3 is 1. The second-order valence-electron chi connectivity index (χ2n) is 5.02. The van der Waals surface area contributed by atoms with Crippen molar-refractivity contribution in [3.8, 4) is 0 Å². The van der Waals surface area contributed by atoms with Crippen LogP contribution in [0.1, 0.15) is 33.1 Å². The highest BCUT2D eigenvalue weighted by Crippen LogP contribution is 2.21. The molecule has 90 valence electrons. The molecule has 0 aromatic rings. The minimum absolute atomic E-state index is 0.470. The van der Waals surface area contributed by atoms with Gasteiger partial charge in [0.25, 0.3) is 0 Å². The minimum Gasteiger partial charge on any atom is -0.381 e. The lowest BCUT2D eigenvalue weighted by Gasteiger charge is -2.22.